The van der Waals surface area contributed by atoms with Gasteiger partial charge in [-0.2, -0.15) is 0 Å². The number of ether oxygens (including phenoxy) is 1. The zero-order valence-corrected chi connectivity index (χ0v) is 14.4. The Hall–Kier alpha value is -2.36. The number of aromatic nitrogens is 1. The van der Waals surface area contributed by atoms with Crippen LogP contribution in [0.2, 0.25) is 0 Å². The summed E-state index contributed by atoms with van der Waals surface area (Å²) in [5, 5.41) is 0. The van der Waals surface area contributed by atoms with Gasteiger partial charge in [-0.15, -0.1) is 0 Å². The molecule has 3 rings (SSSR count). The molecule has 0 amide bonds. The molecule has 0 radical (unpaired) electrons. The van der Waals surface area contributed by atoms with Gasteiger partial charge in [0, 0.05) is 17.7 Å². The van der Waals surface area contributed by atoms with Crippen molar-refractivity contribution >= 4 is 11.8 Å². The van der Waals surface area contributed by atoms with Crippen molar-refractivity contribution in [2.75, 3.05) is 0 Å². The molecule has 1 aliphatic rings. The summed E-state index contributed by atoms with van der Waals surface area (Å²) in [4.78, 5) is 28.1. The molecule has 4 heteroatoms. The van der Waals surface area contributed by atoms with E-state index in [9.17, 15) is 9.59 Å². The normalized spacial score (nSPS) is 18.1. The highest BCUT2D eigenvalue weighted by atomic mass is 16.5. The SMILES string of the molecule is CC[C@@H](C)OC(=O)c1[nH]c2c(c1C)C(=O)C[C@H](c1ccccc1)C2. The highest BCUT2D eigenvalue weighted by Gasteiger charge is 2.32. The summed E-state index contributed by atoms with van der Waals surface area (Å²) >= 11 is 0. The van der Waals surface area contributed by atoms with E-state index in [0.717, 1.165) is 29.7 Å². The van der Waals surface area contributed by atoms with Crippen LogP contribution in [-0.4, -0.2) is 22.8 Å². The lowest BCUT2D eigenvalue weighted by Gasteiger charge is -2.22. The molecule has 0 spiro atoms. The van der Waals surface area contributed by atoms with Crippen LogP contribution in [0.1, 0.15) is 70.3 Å². The van der Waals surface area contributed by atoms with Crippen molar-refractivity contribution in [3.05, 3.63) is 58.4 Å². The number of hydrogen-bond donors (Lipinski definition) is 1. The predicted molar refractivity (Wildman–Crippen MR) is 92.5 cm³/mol. The van der Waals surface area contributed by atoms with Gasteiger partial charge < -0.3 is 9.72 Å². The Kier molecular flexibility index (Phi) is 4.56. The number of benzene rings is 1. The number of rotatable bonds is 4. The molecule has 1 aliphatic carbocycles. The van der Waals surface area contributed by atoms with Crippen molar-refractivity contribution in [2.24, 2.45) is 0 Å². The number of Topliss-reactive ketones (excluding diaryl/α,β-unsaturated/α-hetero) is 1. The lowest BCUT2D eigenvalue weighted by atomic mass is 9.81. The minimum Gasteiger partial charge on any atom is -0.458 e. The van der Waals surface area contributed by atoms with E-state index < -0.39 is 0 Å². The van der Waals surface area contributed by atoms with Crippen molar-refractivity contribution in [3.63, 3.8) is 0 Å². The summed E-state index contributed by atoms with van der Waals surface area (Å²) in [7, 11) is 0. The van der Waals surface area contributed by atoms with Crippen LogP contribution in [0.15, 0.2) is 30.3 Å². The number of H-pyrrole nitrogens is 1. The molecule has 2 aromatic rings. The topological polar surface area (TPSA) is 59.2 Å². The second-order valence-electron chi connectivity index (χ2n) is 6.54. The predicted octanol–water partition coefficient (Wildman–Crippen LogP) is 4.19. The number of fused-ring (bicyclic) bond motifs is 1. The van der Waals surface area contributed by atoms with Gasteiger partial charge >= 0.3 is 5.97 Å². The summed E-state index contributed by atoms with van der Waals surface area (Å²) in [5.41, 5.74) is 3.83. The van der Waals surface area contributed by atoms with Gasteiger partial charge in [0.1, 0.15) is 5.69 Å². The third kappa shape index (κ3) is 3.01. The lowest BCUT2D eigenvalue weighted by molar-refractivity contribution is 0.0327. The summed E-state index contributed by atoms with van der Waals surface area (Å²) in [6, 6.07) is 10.1. The Labute approximate surface area is 142 Å². The molecule has 0 saturated heterocycles. The molecular formula is C20H23NO3. The fourth-order valence-electron chi connectivity index (χ4n) is 3.32. The summed E-state index contributed by atoms with van der Waals surface area (Å²) in [6.07, 6.45) is 1.85. The zero-order chi connectivity index (χ0) is 17.3. The molecule has 0 saturated carbocycles. The first-order chi connectivity index (χ1) is 11.5. The summed E-state index contributed by atoms with van der Waals surface area (Å²) in [6.45, 7) is 5.66. The van der Waals surface area contributed by atoms with E-state index in [2.05, 4.69) is 17.1 Å². The number of carbonyl (C=O) groups excluding carboxylic acids is 2. The highest BCUT2D eigenvalue weighted by Crippen LogP contribution is 2.35. The van der Waals surface area contributed by atoms with E-state index in [1.54, 1.807) is 0 Å². The van der Waals surface area contributed by atoms with Gasteiger partial charge in [-0.25, -0.2) is 4.79 Å². The van der Waals surface area contributed by atoms with Gasteiger partial charge in [0.25, 0.3) is 0 Å². The van der Waals surface area contributed by atoms with Gasteiger partial charge in [0.15, 0.2) is 5.78 Å². The molecule has 1 aromatic carbocycles. The molecule has 2 atom stereocenters. The van der Waals surface area contributed by atoms with Crippen LogP contribution in [-0.2, 0) is 11.2 Å². The largest absolute Gasteiger partial charge is 0.458 e. The second-order valence-corrected chi connectivity index (χ2v) is 6.54. The Balaban J connectivity index is 1.90. The van der Waals surface area contributed by atoms with E-state index in [0.29, 0.717) is 17.7 Å². The first kappa shape index (κ1) is 16.5. The number of hydrogen-bond acceptors (Lipinski definition) is 3. The average molecular weight is 325 g/mol. The highest BCUT2D eigenvalue weighted by molar-refractivity contribution is 6.03. The Morgan fingerprint density at radius 3 is 2.67 bits per heavy atom. The van der Waals surface area contributed by atoms with E-state index >= 15 is 0 Å². The van der Waals surface area contributed by atoms with Gasteiger partial charge in [0.2, 0.25) is 0 Å². The van der Waals surface area contributed by atoms with E-state index in [1.807, 2.05) is 39.0 Å². The Morgan fingerprint density at radius 1 is 1.29 bits per heavy atom. The van der Waals surface area contributed by atoms with Crippen LogP contribution < -0.4 is 0 Å². The minimum absolute atomic E-state index is 0.0986. The maximum Gasteiger partial charge on any atom is 0.355 e. The van der Waals surface area contributed by atoms with E-state index in [-0.39, 0.29) is 23.8 Å². The monoisotopic (exact) mass is 325 g/mol. The Bertz CT molecular complexity index is 761. The maximum absolute atomic E-state index is 12.6. The van der Waals surface area contributed by atoms with Crippen LogP contribution in [0.4, 0.5) is 0 Å². The van der Waals surface area contributed by atoms with Crippen molar-refractivity contribution in [1.82, 2.24) is 4.98 Å². The third-order valence-corrected chi connectivity index (χ3v) is 4.85. The number of ketones is 1. The van der Waals surface area contributed by atoms with E-state index in [1.165, 1.54) is 0 Å². The molecule has 1 N–H and O–H groups in total. The fraction of sp³-hybridized carbons (Fsp3) is 0.400. The molecule has 1 heterocycles. The molecular weight excluding hydrogens is 302 g/mol. The van der Waals surface area contributed by atoms with Gasteiger partial charge in [-0.1, -0.05) is 37.3 Å². The molecule has 126 valence electrons. The second kappa shape index (κ2) is 6.63. The number of esters is 1. The zero-order valence-electron chi connectivity index (χ0n) is 14.4. The smallest absolute Gasteiger partial charge is 0.355 e. The van der Waals surface area contributed by atoms with Crippen molar-refractivity contribution < 1.29 is 14.3 Å². The first-order valence-corrected chi connectivity index (χ1v) is 8.51. The number of aromatic amines is 1. The maximum atomic E-state index is 12.6. The molecule has 1 aromatic heterocycles. The molecule has 0 fully saturated rings. The summed E-state index contributed by atoms with van der Waals surface area (Å²) < 4.78 is 5.41. The van der Waals surface area contributed by atoms with Crippen molar-refractivity contribution in [1.29, 1.82) is 0 Å². The van der Waals surface area contributed by atoms with Crippen molar-refractivity contribution in [2.45, 2.75) is 52.1 Å². The standard InChI is InChI=1S/C20H23NO3/c1-4-12(2)24-20(23)19-13(3)18-16(21-19)10-15(11-17(18)22)14-8-6-5-7-9-14/h5-9,12,15,21H,4,10-11H2,1-3H3/t12-,15-/m1/s1. The summed E-state index contributed by atoms with van der Waals surface area (Å²) in [5.74, 6) is -0.121. The van der Waals surface area contributed by atoms with Crippen LogP contribution in [0, 0.1) is 6.92 Å². The molecule has 24 heavy (non-hydrogen) atoms. The van der Waals surface area contributed by atoms with Crippen LogP contribution >= 0.6 is 0 Å². The van der Waals surface area contributed by atoms with Gasteiger partial charge in [0.05, 0.1) is 6.10 Å². The molecule has 0 unspecified atom stereocenters. The van der Waals surface area contributed by atoms with Gasteiger partial charge in [-0.05, 0) is 43.7 Å². The molecule has 0 bridgehead atoms. The molecule has 4 nitrogen and oxygen atoms in total. The van der Waals surface area contributed by atoms with E-state index in [4.69, 9.17) is 4.74 Å². The third-order valence-electron chi connectivity index (χ3n) is 4.85. The van der Waals surface area contributed by atoms with Gasteiger partial charge in [-0.3, -0.25) is 4.79 Å². The molecule has 0 aliphatic heterocycles. The average Bonchev–Trinajstić information content (AvgIpc) is 2.93. The fourth-order valence-corrected chi connectivity index (χ4v) is 3.32. The number of carbonyl (C=O) groups is 2. The minimum atomic E-state index is -0.375. The quantitative estimate of drug-likeness (QED) is 0.857. The first-order valence-electron chi connectivity index (χ1n) is 8.51. The van der Waals surface area contributed by atoms with Crippen LogP contribution in [0.25, 0.3) is 0 Å². The number of nitrogens with one attached hydrogen (secondary N) is 1. The lowest BCUT2D eigenvalue weighted by Crippen LogP contribution is -2.18. The van der Waals surface area contributed by atoms with Crippen molar-refractivity contribution in [3.8, 4) is 0 Å². The van der Waals surface area contributed by atoms with Crippen LogP contribution in [0.3, 0.4) is 0 Å². The Morgan fingerprint density at radius 2 is 2.00 bits per heavy atom. The van der Waals surface area contributed by atoms with Crippen LogP contribution in [0.5, 0.6) is 0 Å².